The number of amides is 2. The van der Waals surface area contributed by atoms with E-state index >= 15 is 0 Å². The van der Waals surface area contributed by atoms with Crippen LogP contribution in [0.2, 0.25) is 0 Å². The van der Waals surface area contributed by atoms with E-state index in [-0.39, 0.29) is 23.9 Å². The summed E-state index contributed by atoms with van der Waals surface area (Å²) in [5.41, 5.74) is 11.6. The van der Waals surface area contributed by atoms with E-state index in [2.05, 4.69) is 95.6 Å². The average molecular weight is 835 g/mol. The van der Waals surface area contributed by atoms with E-state index in [0.717, 1.165) is 87.9 Å². The van der Waals surface area contributed by atoms with Gasteiger partial charge in [0.2, 0.25) is 0 Å². The Morgan fingerprint density at radius 2 is 0.762 bits per heavy atom. The lowest BCUT2D eigenvalue weighted by Gasteiger charge is -2.15. The van der Waals surface area contributed by atoms with Crippen molar-refractivity contribution < 1.29 is 9.59 Å². The van der Waals surface area contributed by atoms with Crippen LogP contribution < -0.4 is 29.4 Å². The van der Waals surface area contributed by atoms with Gasteiger partial charge in [-0.3, -0.25) is 9.59 Å². The first kappa shape index (κ1) is 39.2. The predicted octanol–water partition coefficient (Wildman–Crippen LogP) is 10.5. The van der Waals surface area contributed by atoms with Crippen LogP contribution in [0.25, 0.3) is 66.1 Å². The Labute approximate surface area is 368 Å². The molecule has 1 heterocycles. The van der Waals surface area contributed by atoms with Gasteiger partial charge in [-0.15, -0.1) is 0 Å². The van der Waals surface area contributed by atoms with E-state index in [1.807, 2.05) is 123 Å². The lowest BCUT2D eigenvalue weighted by molar-refractivity contribution is 0.0931. The minimum atomic E-state index is -0.113. The SMILES string of the molecule is CC(NC(=O)c1ccc(-c2cccc3cccc(-c4ccc(-c5cccc6cccc(-c7ccc(C(=O)N[C@@H](C)c8ccccc8)cc7)c56)c5c4=[N+]=S=[N+]=5)c23)cc1)c1ccccc1. The second-order valence-corrected chi connectivity index (χ2v) is 16.4. The Morgan fingerprint density at radius 1 is 0.397 bits per heavy atom. The molecule has 2 amide bonds. The first-order chi connectivity index (χ1) is 30.9. The van der Waals surface area contributed by atoms with Gasteiger partial charge in [-0.1, -0.05) is 158 Å². The Bertz CT molecular complexity index is 3220. The maximum Gasteiger partial charge on any atom is 0.700 e. The van der Waals surface area contributed by atoms with Crippen LogP contribution in [0.5, 0.6) is 0 Å². The topological polar surface area (TPSA) is 86.4 Å². The monoisotopic (exact) mass is 834 g/mol. The number of carbonyl (C=O) groups is 2. The van der Waals surface area contributed by atoms with Crippen molar-refractivity contribution in [3.05, 3.63) is 227 Å². The fourth-order valence-electron chi connectivity index (χ4n) is 8.73. The number of fused-ring (bicyclic) bond motifs is 3. The van der Waals surface area contributed by atoms with Crippen molar-refractivity contribution in [3.63, 3.8) is 0 Å². The lowest BCUT2D eigenvalue weighted by Crippen LogP contribution is -2.31. The summed E-state index contributed by atoms with van der Waals surface area (Å²) in [5, 5.41) is 12.4. The summed E-state index contributed by atoms with van der Waals surface area (Å²) < 4.78 is 9.88. The van der Waals surface area contributed by atoms with Crippen molar-refractivity contribution in [1.82, 2.24) is 18.7 Å². The number of nitrogens with one attached hydrogen (secondary N) is 2. The largest absolute Gasteiger partial charge is 0.700 e. The Kier molecular flexibility index (Phi) is 10.5. The van der Waals surface area contributed by atoms with E-state index < -0.39 is 0 Å². The summed E-state index contributed by atoms with van der Waals surface area (Å²) in [6, 6.07) is 65.4. The van der Waals surface area contributed by atoms with Gasteiger partial charge in [0, 0.05) is 11.1 Å². The van der Waals surface area contributed by atoms with E-state index in [1.165, 1.54) is 11.4 Å². The highest BCUT2D eigenvalue weighted by Gasteiger charge is 2.28. The first-order valence-electron chi connectivity index (χ1n) is 21.1. The van der Waals surface area contributed by atoms with Crippen molar-refractivity contribution in [2.24, 2.45) is 0 Å². The molecule has 10 rings (SSSR count). The maximum atomic E-state index is 13.3. The quantitative estimate of drug-likeness (QED) is 0.135. The minimum Gasteiger partial charge on any atom is -0.346 e. The van der Waals surface area contributed by atoms with Gasteiger partial charge in [-0.25, -0.2) is 0 Å². The molecule has 1 unspecified atom stereocenters. The van der Waals surface area contributed by atoms with E-state index in [9.17, 15) is 9.59 Å². The summed E-state index contributed by atoms with van der Waals surface area (Å²) in [6.45, 7) is 4.00. The highest BCUT2D eigenvalue weighted by molar-refractivity contribution is 7.55. The summed E-state index contributed by atoms with van der Waals surface area (Å²) >= 11 is 1.22. The molecule has 63 heavy (non-hydrogen) atoms. The van der Waals surface area contributed by atoms with Crippen LogP contribution in [0.1, 0.15) is 57.8 Å². The molecule has 6 nitrogen and oxygen atoms in total. The number of nitrogens with zero attached hydrogens (tertiary/aromatic N) is 2. The van der Waals surface area contributed by atoms with Crippen molar-refractivity contribution in [3.8, 4) is 44.5 Å². The Hall–Kier alpha value is -7.92. The number of hydrogen-bond donors (Lipinski definition) is 2. The second-order valence-electron chi connectivity index (χ2n) is 15.9. The molecule has 0 spiro atoms. The fourth-order valence-corrected chi connectivity index (χ4v) is 9.30. The van der Waals surface area contributed by atoms with Gasteiger partial charge < -0.3 is 10.6 Å². The third-order valence-electron chi connectivity index (χ3n) is 12.0. The number of benzene rings is 9. The minimum absolute atomic E-state index is 0.111. The van der Waals surface area contributed by atoms with Crippen molar-refractivity contribution in [2.45, 2.75) is 25.9 Å². The molecule has 1 aliphatic heterocycles. The van der Waals surface area contributed by atoms with Gasteiger partial charge in [0.05, 0.1) is 31.3 Å². The zero-order chi connectivity index (χ0) is 42.9. The first-order valence-corrected chi connectivity index (χ1v) is 21.9. The fraction of sp³-hybridized carbons (Fsp3) is 0.0714. The summed E-state index contributed by atoms with van der Waals surface area (Å²) in [7, 11) is 0. The summed E-state index contributed by atoms with van der Waals surface area (Å²) in [6.07, 6.45) is 0. The molecule has 1 aliphatic rings. The molecule has 0 radical (unpaired) electrons. The van der Waals surface area contributed by atoms with Crippen molar-refractivity contribution >= 4 is 44.7 Å². The van der Waals surface area contributed by atoms with Gasteiger partial charge in [0.1, 0.15) is 0 Å². The lowest BCUT2D eigenvalue weighted by atomic mass is 9.88. The molecular formula is C56H42N4O2S+2. The van der Waals surface area contributed by atoms with Crippen LogP contribution in [0.15, 0.2) is 194 Å². The molecule has 0 aliphatic carbocycles. The number of rotatable bonds is 10. The zero-order valence-electron chi connectivity index (χ0n) is 34.7. The third kappa shape index (κ3) is 7.58. The van der Waals surface area contributed by atoms with Crippen LogP contribution in [-0.2, 0) is 11.4 Å². The van der Waals surface area contributed by atoms with Crippen LogP contribution in [0.3, 0.4) is 0 Å². The molecule has 0 bridgehead atoms. The third-order valence-corrected chi connectivity index (χ3v) is 12.5. The van der Waals surface area contributed by atoms with Crippen molar-refractivity contribution in [1.29, 1.82) is 0 Å². The molecule has 7 heteroatoms. The molecule has 0 saturated heterocycles. The Balaban J connectivity index is 0.994. The van der Waals surface area contributed by atoms with Gasteiger partial charge in [0.25, 0.3) is 11.8 Å². The highest BCUT2D eigenvalue weighted by Crippen LogP contribution is 2.38. The predicted molar refractivity (Wildman–Crippen MR) is 257 cm³/mol. The summed E-state index contributed by atoms with van der Waals surface area (Å²) in [5.74, 6) is -0.222. The van der Waals surface area contributed by atoms with E-state index in [0.29, 0.717) is 11.1 Å². The molecule has 302 valence electrons. The summed E-state index contributed by atoms with van der Waals surface area (Å²) in [4.78, 5) is 26.6. The van der Waals surface area contributed by atoms with Crippen LogP contribution >= 0.6 is 0 Å². The van der Waals surface area contributed by atoms with Crippen LogP contribution in [0, 0.1) is 0 Å². The van der Waals surface area contributed by atoms with Crippen LogP contribution in [-0.4, -0.2) is 11.8 Å². The molecule has 0 saturated carbocycles. The highest BCUT2D eigenvalue weighted by atomic mass is 32.1. The number of hydrogen-bond acceptors (Lipinski definition) is 2. The Morgan fingerprint density at radius 3 is 1.14 bits per heavy atom. The molecule has 2 atom stereocenters. The van der Waals surface area contributed by atoms with Crippen molar-refractivity contribution in [2.75, 3.05) is 0 Å². The molecule has 2 N–H and O–H groups in total. The maximum absolute atomic E-state index is 13.3. The molecule has 0 fully saturated rings. The molecule has 9 aromatic carbocycles. The van der Waals surface area contributed by atoms with Gasteiger partial charge in [-0.2, -0.15) is 0 Å². The van der Waals surface area contributed by atoms with Gasteiger partial charge in [-0.05, 0) is 116 Å². The van der Waals surface area contributed by atoms with Gasteiger partial charge in [0.15, 0.2) is 0 Å². The molecule has 9 aromatic rings. The molecule has 0 aromatic heterocycles. The van der Waals surface area contributed by atoms with E-state index in [4.69, 9.17) is 8.08 Å². The zero-order valence-corrected chi connectivity index (χ0v) is 35.6. The van der Waals surface area contributed by atoms with Gasteiger partial charge >= 0.3 is 22.1 Å². The smallest absolute Gasteiger partial charge is 0.346 e. The molecular weight excluding hydrogens is 793 g/mol. The standard InChI is InChI=1S/C56H40N4O2S/c1-35(37-13-5-3-6-14-37)57-55(61)43-29-25-39(26-30-43)45-21-9-17-41-19-11-23-47(51(41)45)49-33-34-50(54-53(49)59-63-60-54)48-24-12-20-42-18-10-22-46(52(42)48)40-27-31-44(32-28-40)56(62)58-36(2)38-15-7-4-8-16-38/h3-36H,1-2H3/p+2/t35-,36?/m0/s1. The van der Waals surface area contributed by atoms with E-state index in [1.54, 1.807) is 0 Å². The average Bonchev–Trinajstić information content (AvgIpc) is 3.84. The van der Waals surface area contributed by atoms with Crippen LogP contribution in [0.4, 0.5) is 0 Å². The normalized spacial score (nSPS) is 12.4. The number of carbonyl (C=O) groups excluding carboxylic acids is 2. The second kappa shape index (κ2) is 16.9.